The minimum absolute atomic E-state index is 0.0567. The molecule has 1 aromatic rings. The molecule has 5 nitrogen and oxygen atoms in total. The third-order valence-corrected chi connectivity index (χ3v) is 3.68. The minimum Gasteiger partial charge on any atom is -0.465 e. The number of carboxylic acid groups (broad SMARTS) is 1. The van der Waals surface area contributed by atoms with Crippen LogP contribution in [0.15, 0.2) is 30.3 Å². The van der Waals surface area contributed by atoms with Gasteiger partial charge in [-0.2, -0.15) is 0 Å². The maximum atomic E-state index is 12.4. The molecular formula is C15H20N2O3. The van der Waals surface area contributed by atoms with Crippen LogP contribution in [0.1, 0.15) is 19.4 Å². The lowest BCUT2D eigenvalue weighted by atomic mass is 10.1. The number of carbonyl (C=O) groups excluding carboxylic acids is 1. The molecule has 1 aliphatic rings. The summed E-state index contributed by atoms with van der Waals surface area (Å²) >= 11 is 0. The van der Waals surface area contributed by atoms with Crippen molar-refractivity contribution in [3.05, 3.63) is 35.9 Å². The van der Waals surface area contributed by atoms with Crippen molar-refractivity contribution >= 4 is 12.0 Å². The van der Waals surface area contributed by atoms with Crippen molar-refractivity contribution in [2.75, 3.05) is 13.1 Å². The number of hydrogen-bond donors (Lipinski definition) is 1. The van der Waals surface area contributed by atoms with E-state index in [-0.39, 0.29) is 18.0 Å². The maximum Gasteiger partial charge on any atom is 0.407 e. The third-order valence-electron chi connectivity index (χ3n) is 3.68. The Morgan fingerprint density at radius 3 is 2.20 bits per heavy atom. The number of nitrogens with zero attached hydrogens (tertiary/aromatic N) is 2. The molecular weight excluding hydrogens is 256 g/mol. The lowest BCUT2D eigenvalue weighted by Gasteiger charge is -2.43. The lowest BCUT2D eigenvalue weighted by Crippen LogP contribution is -2.59. The van der Waals surface area contributed by atoms with Gasteiger partial charge in [-0.25, -0.2) is 4.79 Å². The van der Waals surface area contributed by atoms with E-state index in [1.807, 2.05) is 49.1 Å². The van der Waals surface area contributed by atoms with Crippen molar-refractivity contribution in [1.29, 1.82) is 0 Å². The van der Waals surface area contributed by atoms with Crippen LogP contribution in [0, 0.1) is 0 Å². The highest BCUT2D eigenvalue weighted by Crippen LogP contribution is 2.17. The van der Waals surface area contributed by atoms with E-state index in [0.717, 1.165) is 5.56 Å². The molecule has 2 amide bonds. The quantitative estimate of drug-likeness (QED) is 0.896. The molecule has 20 heavy (non-hydrogen) atoms. The second-order valence-electron chi connectivity index (χ2n) is 5.35. The Labute approximate surface area is 118 Å². The summed E-state index contributed by atoms with van der Waals surface area (Å²) in [5.41, 5.74) is 0.984. The van der Waals surface area contributed by atoms with Crippen molar-refractivity contribution in [2.45, 2.75) is 32.4 Å². The van der Waals surface area contributed by atoms with Crippen LogP contribution in [0.3, 0.4) is 0 Å². The van der Waals surface area contributed by atoms with E-state index in [1.54, 1.807) is 0 Å². The molecule has 1 aromatic carbocycles. The Morgan fingerprint density at radius 2 is 1.70 bits per heavy atom. The maximum absolute atomic E-state index is 12.4. The molecule has 0 spiro atoms. The van der Waals surface area contributed by atoms with Crippen LogP contribution in [0.4, 0.5) is 4.79 Å². The van der Waals surface area contributed by atoms with Gasteiger partial charge >= 0.3 is 6.09 Å². The van der Waals surface area contributed by atoms with Gasteiger partial charge < -0.3 is 14.9 Å². The van der Waals surface area contributed by atoms with Gasteiger partial charge in [0.2, 0.25) is 5.91 Å². The molecule has 1 saturated heterocycles. The normalized spacial score (nSPS) is 22.7. The molecule has 1 heterocycles. The fourth-order valence-electron chi connectivity index (χ4n) is 2.83. The van der Waals surface area contributed by atoms with Gasteiger partial charge in [0.15, 0.2) is 0 Å². The average Bonchev–Trinajstić information content (AvgIpc) is 2.38. The molecule has 0 saturated carbocycles. The van der Waals surface area contributed by atoms with Crippen LogP contribution < -0.4 is 0 Å². The monoisotopic (exact) mass is 276 g/mol. The Kier molecular flexibility index (Phi) is 4.27. The number of piperazine rings is 1. The second-order valence-corrected chi connectivity index (χ2v) is 5.35. The first-order chi connectivity index (χ1) is 9.49. The largest absolute Gasteiger partial charge is 0.465 e. The van der Waals surface area contributed by atoms with Crippen molar-refractivity contribution in [3.63, 3.8) is 0 Å². The smallest absolute Gasteiger partial charge is 0.407 e. The molecule has 1 fully saturated rings. The second kappa shape index (κ2) is 5.94. The molecule has 1 aliphatic heterocycles. The Bertz CT molecular complexity index is 477. The van der Waals surface area contributed by atoms with E-state index in [1.165, 1.54) is 4.90 Å². The Morgan fingerprint density at radius 1 is 1.15 bits per heavy atom. The predicted molar refractivity (Wildman–Crippen MR) is 75.5 cm³/mol. The van der Waals surface area contributed by atoms with Gasteiger partial charge in [0, 0.05) is 25.2 Å². The van der Waals surface area contributed by atoms with Crippen molar-refractivity contribution < 1.29 is 14.7 Å². The number of hydrogen-bond acceptors (Lipinski definition) is 2. The predicted octanol–water partition coefficient (Wildman–Crippen LogP) is 1.83. The third kappa shape index (κ3) is 3.10. The van der Waals surface area contributed by atoms with Crippen LogP contribution in [-0.4, -0.2) is 52.1 Å². The summed E-state index contributed by atoms with van der Waals surface area (Å²) < 4.78 is 0. The summed E-state index contributed by atoms with van der Waals surface area (Å²) in [6.07, 6.45) is -0.554. The van der Waals surface area contributed by atoms with Gasteiger partial charge in [0.05, 0.1) is 6.42 Å². The summed E-state index contributed by atoms with van der Waals surface area (Å²) in [5, 5.41) is 9.06. The highest BCUT2D eigenvalue weighted by molar-refractivity contribution is 5.80. The van der Waals surface area contributed by atoms with Gasteiger partial charge in [-0.1, -0.05) is 30.3 Å². The fourth-order valence-corrected chi connectivity index (χ4v) is 2.83. The molecule has 1 N–H and O–H groups in total. The van der Waals surface area contributed by atoms with E-state index >= 15 is 0 Å². The van der Waals surface area contributed by atoms with Crippen LogP contribution in [-0.2, 0) is 11.2 Å². The zero-order valence-corrected chi connectivity index (χ0v) is 11.8. The highest BCUT2D eigenvalue weighted by Gasteiger charge is 2.34. The van der Waals surface area contributed by atoms with E-state index in [9.17, 15) is 9.59 Å². The van der Waals surface area contributed by atoms with E-state index < -0.39 is 6.09 Å². The van der Waals surface area contributed by atoms with Crippen LogP contribution in [0.25, 0.3) is 0 Å². The summed E-state index contributed by atoms with van der Waals surface area (Å²) in [5.74, 6) is 0.0567. The zero-order chi connectivity index (χ0) is 14.7. The topological polar surface area (TPSA) is 60.9 Å². The summed E-state index contributed by atoms with van der Waals surface area (Å²) in [6.45, 7) is 4.55. The molecule has 0 aliphatic carbocycles. The number of amides is 2. The van der Waals surface area contributed by atoms with Gasteiger partial charge in [-0.3, -0.25) is 4.79 Å². The molecule has 0 unspecified atom stereocenters. The van der Waals surface area contributed by atoms with E-state index in [4.69, 9.17) is 5.11 Å². The van der Waals surface area contributed by atoms with Crippen molar-refractivity contribution in [2.24, 2.45) is 0 Å². The van der Waals surface area contributed by atoms with Crippen LogP contribution >= 0.6 is 0 Å². The molecule has 0 radical (unpaired) electrons. The van der Waals surface area contributed by atoms with Gasteiger partial charge in [-0.15, -0.1) is 0 Å². The first kappa shape index (κ1) is 14.4. The Hall–Kier alpha value is -2.04. The molecule has 108 valence electrons. The Balaban J connectivity index is 2.05. The van der Waals surface area contributed by atoms with Crippen LogP contribution in [0.5, 0.6) is 0 Å². The molecule has 0 aromatic heterocycles. The fraction of sp³-hybridized carbons (Fsp3) is 0.467. The summed E-state index contributed by atoms with van der Waals surface area (Å²) in [7, 11) is 0. The first-order valence-electron chi connectivity index (χ1n) is 6.82. The molecule has 2 rings (SSSR count). The number of carbonyl (C=O) groups is 2. The lowest BCUT2D eigenvalue weighted by molar-refractivity contribution is -0.137. The summed E-state index contributed by atoms with van der Waals surface area (Å²) in [4.78, 5) is 26.6. The molecule has 2 atom stereocenters. The van der Waals surface area contributed by atoms with Gasteiger partial charge in [0.25, 0.3) is 0 Å². The van der Waals surface area contributed by atoms with Gasteiger partial charge in [0.1, 0.15) is 0 Å². The average molecular weight is 276 g/mol. The minimum atomic E-state index is -0.918. The molecule has 0 bridgehead atoms. The van der Waals surface area contributed by atoms with E-state index in [0.29, 0.717) is 19.5 Å². The molecule has 5 heteroatoms. The van der Waals surface area contributed by atoms with E-state index in [2.05, 4.69) is 0 Å². The SMILES string of the molecule is C[C@@H]1CN(C(=O)O)C[C@H](C)N1C(=O)Cc1ccccc1. The summed E-state index contributed by atoms with van der Waals surface area (Å²) in [6, 6.07) is 9.43. The van der Waals surface area contributed by atoms with Crippen LogP contribution in [0.2, 0.25) is 0 Å². The standard InChI is InChI=1S/C15H20N2O3/c1-11-9-16(15(19)20)10-12(2)17(11)14(18)8-13-6-4-3-5-7-13/h3-7,11-12H,8-10H2,1-2H3,(H,19,20)/t11-,12+. The first-order valence-corrected chi connectivity index (χ1v) is 6.82. The number of rotatable bonds is 2. The number of benzene rings is 1. The van der Waals surface area contributed by atoms with Crippen molar-refractivity contribution in [1.82, 2.24) is 9.80 Å². The zero-order valence-electron chi connectivity index (χ0n) is 11.8. The van der Waals surface area contributed by atoms with Gasteiger partial charge in [-0.05, 0) is 19.4 Å². The highest BCUT2D eigenvalue weighted by atomic mass is 16.4. The van der Waals surface area contributed by atoms with Crippen molar-refractivity contribution in [3.8, 4) is 0 Å².